The van der Waals surface area contributed by atoms with Crippen LogP contribution in [0.5, 0.6) is 0 Å². The van der Waals surface area contributed by atoms with Crippen LogP contribution in [-0.2, 0) is 13.6 Å². The van der Waals surface area contributed by atoms with Gasteiger partial charge in [0, 0.05) is 13.6 Å². The van der Waals surface area contributed by atoms with Gasteiger partial charge in [-0.05, 0) is 24.6 Å². The third kappa shape index (κ3) is 3.31. The van der Waals surface area contributed by atoms with Gasteiger partial charge < -0.3 is 10.4 Å². The molecule has 2 aromatic heterocycles. The molecule has 132 valence electrons. The van der Waals surface area contributed by atoms with E-state index in [4.69, 9.17) is 0 Å². The van der Waals surface area contributed by atoms with Crippen molar-refractivity contribution in [3.63, 3.8) is 0 Å². The molecule has 0 unspecified atom stereocenters. The van der Waals surface area contributed by atoms with Crippen molar-refractivity contribution in [1.82, 2.24) is 19.1 Å². The Kier molecular flexibility index (Phi) is 4.41. The first-order valence-electron chi connectivity index (χ1n) is 7.72. The SMILES string of the molecule is C[C@@H](O)CNc1nc2c(c(=O)[nH]c(=O)n2C)n1Cc1ccc(F)cc1. The van der Waals surface area contributed by atoms with Crippen molar-refractivity contribution in [2.45, 2.75) is 19.6 Å². The molecule has 2 heterocycles. The van der Waals surface area contributed by atoms with Gasteiger partial charge in [-0.15, -0.1) is 0 Å². The van der Waals surface area contributed by atoms with E-state index in [2.05, 4.69) is 15.3 Å². The van der Waals surface area contributed by atoms with Crippen molar-refractivity contribution in [2.24, 2.45) is 7.05 Å². The molecular formula is C16H18FN5O3. The third-order valence-electron chi connectivity index (χ3n) is 3.82. The number of aromatic nitrogens is 4. The number of nitrogens with one attached hydrogen (secondary N) is 2. The summed E-state index contributed by atoms with van der Waals surface area (Å²) in [5.41, 5.74) is 0.0846. The fraction of sp³-hybridized carbons (Fsp3) is 0.312. The van der Waals surface area contributed by atoms with E-state index in [1.54, 1.807) is 23.6 Å². The lowest BCUT2D eigenvalue weighted by Crippen LogP contribution is -2.29. The summed E-state index contributed by atoms with van der Waals surface area (Å²) in [6.07, 6.45) is -0.624. The Morgan fingerprint density at radius 1 is 1.32 bits per heavy atom. The molecule has 3 rings (SSSR count). The molecule has 0 saturated heterocycles. The van der Waals surface area contributed by atoms with Crippen LogP contribution in [-0.4, -0.2) is 36.9 Å². The highest BCUT2D eigenvalue weighted by atomic mass is 19.1. The van der Waals surface area contributed by atoms with Crippen LogP contribution in [0.3, 0.4) is 0 Å². The highest BCUT2D eigenvalue weighted by Gasteiger charge is 2.17. The molecule has 0 aliphatic heterocycles. The number of H-pyrrole nitrogens is 1. The molecule has 0 aliphatic carbocycles. The maximum Gasteiger partial charge on any atom is 0.329 e. The Hall–Kier alpha value is -2.94. The van der Waals surface area contributed by atoms with Gasteiger partial charge in [-0.3, -0.25) is 18.9 Å². The molecule has 0 spiro atoms. The number of halogens is 1. The minimum Gasteiger partial charge on any atom is -0.392 e. The number of aryl methyl sites for hydroxylation is 1. The predicted octanol–water partition coefficient (Wildman–Crippen LogP) is 0.403. The lowest BCUT2D eigenvalue weighted by Gasteiger charge is -2.11. The van der Waals surface area contributed by atoms with Gasteiger partial charge in [0.2, 0.25) is 5.95 Å². The number of rotatable bonds is 5. The number of aliphatic hydroxyl groups is 1. The van der Waals surface area contributed by atoms with E-state index in [1.165, 1.54) is 23.7 Å². The lowest BCUT2D eigenvalue weighted by molar-refractivity contribution is 0.208. The van der Waals surface area contributed by atoms with Crippen molar-refractivity contribution in [1.29, 1.82) is 0 Å². The first kappa shape index (κ1) is 16.9. The second-order valence-electron chi connectivity index (χ2n) is 5.87. The average Bonchev–Trinajstić information content (AvgIpc) is 2.92. The molecule has 8 nitrogen and oxygen atoms in total. The van der Waals surface area contributed by atoms with Gasteiger partial charge in [-0.2, -0.15) is 4.98 Å². The second kappa shape index (κ2) is 6.52. The summed E-state index contributed by atoms with van der Waals surface area (Å²) in [7, 11) is 1.51. The topological polar surface area (TPSA) is 105 Å². The first-order valence-corrected chi connectivity index (χ1v) is 7.72. The van der Waals surface area contributed by atoms with Crippen molar-refractivity contribution in [3.8, 4) is 0 Å². The zero-order chi connectivity index (χ0) is 18.1. The summed E-state index contributed by atoms with van der Waals surface area (Å²) < 4.78 is 16.0. The molecular weight excluding hydrogens is 329 g/mol. The molecule has 0 fully saturated rings. The second-order valence-corrected chi connectivity index (χ2v) is 5.87. The number of anilines is 1. The van der Waals surface area contributed by atoms with Gasteiger partial charge in [-0.1, -0.05) is 12.1 Å². The van der Waals surface area contributed by atoms with Crippen molar-refractivity contribution in [2.75, 3.05) is 11.9 Å². The first-order chi connectivity index (χ1) is 11.9. The van der Waals surface area contributed by atoms with Gasteiger partial charge in [0.05, 0.1) is 12.6 Å². The van der Waals surface area contributed by atoms with Crippen LogP contribution in [0, 0.1) is 5.82 Å². The van der Waals surface area contributed by atoms with Crippen LogP contribution >= 0.6 is 0 Å². The number of nitrogens with zero attached hydrogens (tertiary/aromatic N) is 3. The fourth-order valence-electron chi connectivity index (χ4n) is 2.53. The van der Waals surface area contributed by atoms with Crippen LogP contribution in [0.1, 0.15) is 12.5 Å². The number of fused-ring (bicyclic) bond motifs is 1. The number of benzene rings is 1. The number of hydrogen-bond donors (Lipinski definition) is 3. The quantitative estimate of drug-likeness (QED) is 0.620. The molecule has 0 radical (unpaired) electrons. The maximum atomic E-state index is 13.1. The third-order valence-corrected chi connectivity index (χ3v) is 3.82. The lowest BCUT2D eigenvalue weighted by atomic mass is 10.2. The average molecular weight is 347 g/mol. The van der Waals surface area contributed by atoms with Gasteiger partial charge in [0.1, 0.15) is 5.82 Å². The molecule has 0 amide bonds. The molecule has 1 aromatic carbocycles. The van der Waals surface area contributed by atoms with E-state index < -0.39 is 17.4 Å². The Morgan fingerprint density at radius 2 is 2.00 bits per heavy atom. The standard InChI is InChI=1S/C16H18FN5O3/c1-9(23)7-18-15-19-13-12(14(24)20-16(25)21(13)2)22(15)8-10-3-5-11(17)6-4-10/h3-6,9,23H,7-8H2,1-2H3,(H,18,19)(H,20,24,25)/t9-/m1/s1. The van der Waals surface area contributed by atoms with Crippen LogP contribution in [0.4, 0.5) is 10.3 Å². The van der Waals surface area contributed by atoms with Gasteiger partial charge in [-0.25, -0.2) is 9.18 Å². The molecule has 3 aromatic rings. The summed E-state index contributed by atoms with van der Waals surface area (Å²) in [6, 6.07) is 5.88. The number of imidazole rings is 1. The number of aliphatic hydroxyl groups excluding tert-OH is 1. The summed E-state index contributed by atoms with van der Waals surface area (Å²) >= 11 is 0. The van der Waals surface area contributed by atoms with Crippen LogP contribution in [0.25, 0.3) is 11.2 Å². The highest BCUT2D eigenvalue weighted by molar-refractivity contribution is 5.74. The molecule has 9 heteroatoms. The minimum atomic E-state index is -0.624. The molecule has 0 aliphatic rings. The van der Waals surface area contributed by atoms with Crippen LogP contribution < -0.4 is 16.6 Å². The Morgan fingerprint density at radius 3 is 2.64 bits per heavy atom. The number of aromatic amines is 1. The van der Waals surface area contributed by atoms with E-state index in [0.29, 0.717) is 5.95 Å². The van der Waals surface area contributed by atoms with Crippen LogP contribution in [0.15, 0.2) is 33.9 Å². The van der Waals surface area contributed by atoms with E-state index in [9.17, 15) is 19.1 Å². The van der Waals surface area contributed by atoms with Gasteiger partial charge in [0.15, 0.2) is 11.2 Å². The molecule has 0 saturated carbocycles. The van der Waals surface area contributed by atoms with Crippen molar-refractivity contribution in [3.05, 3.63) is 56.5 Å². The molecule has 3 N–H and O–H groups in total. The summed E-state index contributed by atoms with van der Waals surface area (Å²) in [4.78, 5) is 30.7. The van der Waals surface area contributed by atoms with E-state index in [1.807, 2.05) is 0 Å². The fourth-order valence-corrected chi connectivity index (χ4v) is 2.53. The molecule has 1 atom stereocenters. The largest absolute Gasteiger partial charge is 0.392 e. The van der Waals surface area contributed by atoms with Gasteiger partial charge in [0.25, 0.3) is 5.56 Å². The predicted molar refractivity (Wildman–Crippen MR) is 91.3 cm³/mol. The van der Waals surface area contributed by atoms with E-state index in [0.717, 1.165) is 5.56 Å². The van der Waals surface area contributed by atoms with Gasteiger partial charge >= 0.3 is 5.69 Å². The number of hydrogen-bond acceptors (Lipinski definition) is 5. The Balaban J connectivity index is 2.16. The van der Waals surface area contributed by atoms with Crippen molar-refractivity contribution >= 4 is 17.1 Å². The monoisotopic (exact) mass is 347 g/mol. The van der Waals surface area contributed by atoms with E-state index in [-0.39, 0.29) is 30.1 Å². The van der Waals surface area contributed by atoms with E-state index >= 15 is 0 Å². The summed E-state index contributed by atoms with van der Waals surface area (Å²) in [5, 5.41) is 12.5. The molecule has 25 heavy (non-hydrogen) atoms. The molecule has 0 bridgehead atoms. The smallest absolute Gasteiger partial charge is 0.329 e. The Bertz CT molecular complexity index is 1020. The highest BCUT2D eigenvalue weighted by Crippen LogP contribution is 2.18. The maximum absolute atomic E-state index is 13.1. The minimum absolute atomic E-state index is 0.221. The van der Waals surface area contributed by atoms with Crippen molar-refractivity contribution < 1.29 is 9.50 Å². The van der Waals surface area contributed by atoms with Crippen LogP contribution in [0.2, 0.25) is 0 Å². The Labute approximate surface area is 141 Å². The summed E-state index contributed by atoms with van der Waals surface area (Å²) in [5.74, 6) is -0.0149. The zero-order valence-electron chi connectivity index (χ0n) is 13.8. The normalized spacial score (nSPS) is 12.5. The summed E-state index contributed by atoms with van der Waals surface area (Å²) in [6.45, 7) is 2.08. The zero-order valence-corrected chi connectivity index (χ0v) is 13.8.